The zero-order chi connectivity index (χ0) is 20.8. The van der Waals surface area contributed by atoms with Crippen LogP contribution >= 0.6 is 90.4 Å². The van der Waals surface area contributed by atoms with Crippen molar-refractivity contribution in [2.45, 2.75) is 4.90 Å². The Bertz CT molecular complexity index is 1040. The number of carbonyl (C=O) groups excluding carboxylic acids is 1. The highest BCUT2D eigenvalue weighted by Crippen LogP contribution is 2.34. The molecule has 0 aliphatic heterocycles. The third-order valence-corrected chi connectivity index (χ3v) is 9.83. The molecule has 146 valence electrons. The highest BCUT2D eigenvalue weighted by molar-refractivity contribution is 14.1. The van der Waals surface area contributed by atoms with Crippen LogP contribution in [0.25, 0.3) is 0 Å². The summed E-state index contributed by atoms with van der Waals surface area (Å²) in [6.45, 7) is 0. The summed E-state index contributed by atoms with van der Waals surface area (Å²) in [6, 6.07) is 1.73. The predicted molar refractivity (Wildman–Crippen MR) is 118 cm³/mol. The molecule has 0 spiro atoms. The number of rotatable bonds is 3. The van der Waals surface area contributed by atoms with E-state index in [1.807, 2.05) is 45.2 Å². The van der Waals surface area contributed by atoms with Crippen LogP contribution in [0.5, 0.6) is 5.75 Å². The number of carbonyl (C=O) groups is 1. The van der Waals surface area contributed by atoms with E-state index in [9.17, 15) is 30.8 Å². The molecule has 0 radical (unpaired) electrons. The van der Waals surface area contributed by atoms with E-state index < -0.39 is 50.0 Å². The maximum atomic E-state index is 14.0. The summed E-state index contributed by atoms with van der Waals surface area (Å²) < 4.78 is 92.8. The van der Waals surface area contributed by atoms with Gasteiger partial charge in [0.05, 0.1) is 5.56 Å². The van der Waals surface area contributed by atoms with Gasteiger partial charge in [-0.1, -0.05) is 0 Å². The van der Waals surface area contributed by atoms with Gasteiger partial charge in [0.1, 0.15) is 0 Å². The molecule has 0 bridgehead atoms. The molecule has 0 unspecified atom stereocenters. The van der Waals surface area contributed by atoms with Crippen molar-refractivity contribution in [2.75, 3.05) is 0 Å². The Kier molecular flexibility index (Phi) is 7.63. The van der Waals surface area contributed by atoms with Crippen molar-refractivity contribution in [3.63, 3.8) is 0 Å². The fourth-order valence-electron chi connectivity index (χ4n) is 1.80. The van der Waals surface area contributed by atoms with Crippen LogP contribution in [-0.4, -0.2) is 18.9 Å². The smallest absolute Gasteiger partial charge is 0.345 e. The zero-order valence-electron chi connectivity index (χ0n) is 12.1. The molecule has 0 saturated carbocycles. The Hall–Kier alpha value is 0.460. The predicted octanol–water partition coefficient (Wildman–Crippen LogP) is 5.13. The first-order chi connectivity index (χ1) is 12.3. The summed E-state index contributed by atoms with van der Waals surface area (Å²) in [5, 5.41) is 0. The van der Waals surface area contributed by atoms with E-state index in [4.69, 9.17) is 4.55 Å². The topological polar surface area (TPSA) is 80.7 Å². The fraction of sp³-hybridized carbons (Fsp3) is 0. The molecule has 2 aromatic rings. The molecule has 27 heavy (non-hydrogen) atoms. The standard InChI is InChI=1S/C13H2F4I4O5S/c14-5-7(16)12(27(23,24)25)8(17)6(15)11(5)26-13(22)4-9(20)2(18)1-3(19)10(4)21/h1H,(H,23,24,25). The van der Waals surface area contributed by atoms with Crippen LogP contribution in [0.15, 0.2) is 11.0 Å². The first-order valence-electron chi connectivity index (χ1n) is 6.17. The number of ether oxygens (including phenoxy) is 1. The van der Waals surface area contributed by atoms with Crippen LogP contribution in [0, 0.1) is 37.5 Å². The van der Waals surface area contributed by atoms with Gasteiger partial charge in [0.25, 0.3) is 0 Å². The van der Waals surface area contributed by atoms with Crippen molar-refractivity contribution >= 4 is 106 Å². The molecule has 0 heterocycles. The first kappa shape index (κ1) is 23.7. The molecule has 0 amide bonds. The second kappa shape index (κ2) is 8.68. The van der Waals surface area contributed by atoms with Gasteiger partial charge in [-0.2, -0.15) is 17.2 Å². The number of hydrogen-bond donors (Lipinski definition) is 1. The lowest BCUT2D eigenvalue weighted by Crippen LogP contribution is -2.18. The molecule has 0 atom stereocenters. The number of benzene rings is 2. The normalized spacial score (nSPS) is 11.6. The molecule has 0 fully saturated rings. The number of halogens is 8. The third-order valence-electron chi connectivity index (χ3n) is 2.95. The fourth-order valence-corrected chi connectivity index (χ4v) is 6.00. The van der Waals surface area contributed by atoms with Crippen molar-refractivity contribution in [1.29, 1.82) is 0 Å². The second-order valence-electron chi connectivity index (χ2n) is 4.62. The van der Waals surface area contributed by atoms with Crippen molar-refractivity contribution < 1.29 is 40.1 Å². The van der Waals surface area contributed by atoms with Gasteiger partial charge in [-0.25, -0.2) is 13.6 Å². The minimum absolute atomic E-state index is 0.0917. The molecule has 5 nitrogen and oxygen atoms in total. The molecule has 14 heteroatoms. The molecule has 0 aliphatic carbocycles. The maximum absolute atomic E-state index is 14.0. The lowest BCUT2D eigenvalue weighted by Gasteiger charge is -2.13. The quantitative estimate of drug-likeness (QED) is 0.116. The second-order valence-corrected chi connectivity index (χ2v) is 10.5. The zero-order valence-corrected chi connectivity index (χ0v) is 21.5. The number of hydrogen-bond acceptors (Lipinski definition) is 4. The van der Waals surface area contributed by atoms with E-state index in [1.54, 1.807) is 51.2 Å². The van der Waals surface area contributed by atoms with E-state index in [-0.39, 0.29) is 5.56 Å². The van der Waals surface area contributed by atoms with Crippen LogP contribution in [0.1, 0.15) is 10.4 Å². The summed E-state index contributed by atoms with van der Waals surface area (Å²) in [4.78, 5) is 10.2. The van der Waals surface area contributed by atoms with Crippen LogP contribution in [0.3, 0.4) is 0 Å². The largest absolute Gasteiger partial charge is 0.416 e. The van der Waals surface area contributed by atoms with Gasteiger partial charge in [-0.05, 0) is 96.4 Å². The van der Waals surface area contributed by atoms with E-state index >= 15 is 0 Å². The molecular weight excluding hydrogens is 852 g/mol. The van der Waals surface area contributed by atoms with Crippen LogP contribution in [0.4, 0.5) is 17.6 Å². The summed E-state index contributed by atoms with van der Waals surface area (Å²) >= 11 is 7.39. The first-order valence-corrected chi connectivity index (χ1v) is 11.9. The molecule has 0 aliphatic rings. The molecule has 2 aromatic carbocycles. The maximum Gasteiger partial charge on any atom is 0.345 e. The summed E-state index contributed by atoms with van der Waals surface area (Å²) in [7, 11) is -5.61. The van der Waals surface area contributed by atoms with E-state index in [0.29, 0.717) is 14.3 Å². The Balaban J connectivity index is 2.66. The van der Waals surface area contributed by atoms with Crippen molar-refractivity contribution in [2.24, 2.45) is 0 Å². The minimum Gasteiger partial charge on any atom is -0.416 e. The molecule has 1 N–H and O–H groups in total. The summed E-state index contributed by atoms with van der Waals surface area (Å²) in [5.41, 5.74) is -0.0917. The Morgan fingerprint density at radius 3 is 1.67 bits per heavy atom. The SMILES string of the molecule is O=C(Oc1c(F)c(F)c(S(=O)(=O)O)c(F)c1F)c1c(I)c(I)cc(I)c1I. The average molecular weight is 854 g/mol. The van der Waals surface area contributed by atoms with Gasteiger partial charge >= 0.3 is 16.1 Å². The molecule has 0 saturated heterocycles. The van der Waals surface area contributed by atoms with Gasteiger partial charge in [0.2, 0.25) is 17.4 Å². The minimum atomic E-state index is -5.61. The van der Waals surface area contributed by atoms with Gasteiger partial charge in [0, 0.05) is 14.3 Å². The average Bonchev–Trinajstić information content (AvgIpc) is 2.54. The summed E-state index contributed by atoms with van der Waals surface area (Å²) in [6.07, 6.45) is 0. The van der Waals surface area contributed by atoms with Crippen LogP contribution in [0.2, 0.25) is 0 Å². The Morgan fingerprint density at radius 2 is 1.30 bits per heavy atom. The lowest BCUT2D eigenvalue weighted by molar-refractivity contribution is 0.0714. The Labute approximate surface area is 203 Å². The highest BCUT2D eigenvalue weighted by Gasteiger charge is 2.34. The Morgan fingerprint density at radius 1 is 0.889 bits per heavy atom. The summed E-state index contributed by atoms with van der Waals surface area (Å²) in [5.74, 6) is -12.5. The van der Waals surface area contributed by atoms with Gasteiger partial charge in [-0.15, -0.1) is 0 Å². The van der Waals surface area contributed by atoms with E-state index in [1.165, 1.54) is 0 Å². The third kappa shape index (κ3) is 4.63. The monoisotopic (exact) mass is 854 g/mol. The van der Waals surface area contributed by atoms with E-state index in [0.717, 1.165) is 0 Å². The number of esters is 1. The van der Waals surface area contributed by atoms with Crippen molar-refractivity contribution in [3.8, 4) is 5.75 Å². The van der Waals surface area contributed by atoms with Gasteiger partial charge in [0.15, 0.2) is 16.5 Å². The van der Waals surface area contributed by atoms with Gasteiger partial charge in [-0.3, -0.25) is 4.55 Å². The molecule has 0 aromatic heterocycles. The van der Waals surface area contributed by atoms with Gasteiger partial charge < -0.3 is 4.74 Å². The molecular formula is C13H2F4I4O5S. The van der Waals surface area contributed by atoms with Crippen molar-refractivity contribution in [1.82, 2.24) is 0 Å². The van der Waals surface area contributed by atoms with Crippen LogP contribution in [-0.2, 0) is 10.1 Å². The lowest BCUT2D eigenvalue weighted by atomic mass is 10.2. The molecule has 2 rings (SSSR count). The van der Waals surface area contributed by atoms with E-state index in [2.05, 4.69) is 4.74 Å². The highest BCUT2D eigenvalue weighted by atomic mass is 127. The van der Waals surface area contributed by atoms with Crippen molar-refractivity contribution in [3.05, 3.63) is 49.2 Å². The van der Waals surface area contributed by atoms with Crippen LogP contribution < -0.4 is 4.74 Å².